The van der Waals surface area contributed by atoms with E-state index in [4.69, 9.17) is 0 Å². The van der Waals surface area contributed by atoms with Crippen LogP contribution >= 0.6 is 0 Å². The second kappa shape index (κ2) is 8.00. The van der Waals surface area contributed by atoms with Crippen LogP contribution in [0.2, 0.25) is 0 Å². The molecule has 0 aliphatic heterocycles. The van der Waals surface area contributed by atoms with Crippen molar-refractivity contribution < 1.29 is 13.2 Å². The van der Waals surface area contributed by atoms with Crippen LogP contribution in [0.4, 0.5) is 5.69 Å². The number of nitrogens with zero attached hydrogens (tertiary/aromatic N) is 2. The molecule has 0 atom stereocenters. The zero-order valence-electron chi connectivity index (χ0n) is 16.3. The minimum Gasteiger partial charge on any atom is -0.324 e. The molecule has 3 rings (SSSR count). The third kappa shape index (κ3) is 4.60. The first kappa shape index (κ1) is 20.5. The normalized spacial score (nSPS) is 11.3. The van der Waals surface area contributed by atoms with E-state index in [1.807, 2.05) is 32.0 Å². The molecule has 7 nitrogen and oxygen atoms in total. The molecule has 1 N–H and O–H groups in total. The van der Waals surface area contributed by atoms with Crippen molar-refractivity contribution >= 4 is 21.4 Å². The lowest BCUT2D eigenvalue weighted by molar-refractivity contribution is -0.117. The van der Waals surface area contributed by atoms with Gasteiger partial charge in [0.05, 0.1) is 4.90 Å². The highest BCUT2D eigenvalue weighted by atomic mass is 32.2. The van der Waals surface area contributed by atoms with E-state index in [9.17, 15) is 18.0 Å². The zero-order chi connectivity index (χ0) is 21.2. The molecule has 0 radical (unpaired) electrons. The Labute approximate surface area is 168 Å². The van der Waals surface area contributed by atoms with Crippen molar-refractivity contribution in [3.63, 3.8) is 0 Å². The quantitative estimate of drug-likeness (QED) is 0.696. The van der Waals surface area contributed by atoms with Gasteiger partial charge in [-0.1, -0.05) is 24.3 Å². The van der Waals surface area contributed by atoms with Crippen LogP contribution in [0.25, 0.3) is 0 Å². The van der Waals surface area contributed by atoms with E-state index < -0.39 is 27.8 Å². The Hall–Kier alpha value is -3.26. The molecule has 0 spiro atoms. The molecule has 3 aromatic rings. The average Bonchev–Trinajstić information content (AvgIpc) is 2.66. The summed E-state index contributed by atoms with van der Waals surface area (Å²) in [7, 11) is -3.91. The average molecular weight is 411 g/mol. The van der Waals surface area contributed by atoms with Gasteiger partial charge in [-0.2, -0.15) is 5.10 Å². The lowest BCUT2D eigenvalue weighted by Gasteiger charge is -2.11. The van der Waals surface area contributed by atoms with Crippen molar-refractivity contribution in [1.82, 2.24) is 9.78 Å². The Morgan fingerprint density at radius 1 is 1.00 bits per heavy atom. The predicted molar refractivity (Wildman–Crippen MR) is 110 cm³/mol. The van der Waals surface area contributed by atoms with Gasteiger partial charge in [0.25, 0.3) is 5.56 Å². The maximum atomic E-state index is 12.8. The summed E-state index contributed by atoms with van der Waals surface area (Å²) >= 11 is 0. The van der Waals surface area contributed by atoms with Crippen molar-refractivity contribution in [3.05, 3.63) is 81.6 Å². The fourth-order valence-corrected chi connectivity index (χ4v) is 4.08. The summed E-state index contributed by atoms with van der Waals surface area (Å²) in [5, 5.41) is 6.37. The molecule has 0 unspecified atom stereocenters. The number of nitrogens with one attached hydrogen (secondary N) is 1. The number of hydrogen-bond acceptors (Lipinski definition) is 5. The van der Waals surface area contributed by atoms with Gasteiger partial charge in [0.2, 0.25) is 15.7 Å². The molecule has 0 aliphatic rings. The molecule has 0 bridgehead atoms. The highest BCUT2D eigenvalue weighted by Crippen LogP contribution is 2.19. The summed E-state index contributed by atoms with van der Waals surface area (Å²) < 4.78 is 26.5. The second-order valence-electron chi connectivity index (χ2n) is 6.85. The summed E-state index contributed by atoms with van der Waals surface area (Å²) in [4.78, 5) is 24.6. The summed E-state index contributed by atoms with van der Waals surface area (Å²) in [6.07, 6.45) is 0. The molecule has 0 saturated carbocycles. The van der Waals surface area contributed by atoms with E-state index in [0.29, 0.717) is 5.69 Å². The molecule has 1 heterocycles. The Bertz CT molecular complexity index is 1250. The lowest BCUT2D eigenvalue weighted by Crippen LogP contribution is -2.30. The topological polar surface area (TPSA) is 98.1 Å². The molecule has 0 saturated heterocycles. The summed E-state index contributed by atoms with van der Waals surface area (Å²) in [5.41, 5.74) is 2.70. The molecule has 1 aromatic heterocycles. The van der Waals surface area contributed by atoms with E-state index in [-0.39, 0.29) is 9.92 Å². The number of sulfone groups is 1. The first-order valence-electron chi connectivity index (χ1n) is 8.94. The zero-order valence-corrected chi connectivity index (χ0v) is 17.2. The van der Waals surface area contributed by atoms with Gasteiger partial charge in [-0.15, -0.1) is 0 Å². The van der Waals surface area contributed by atoms with Crippen molar-refractivity contribution in [2.24, 2.45) is 0 Å². The van der Waals surface area contributed by atoms with Gasteiger partial charge in [0, 0.05) is 11.8 Å². The fourth-order valence-electron chi connectivity index (χ4n) is 2.79. The standard InChI is InChI=1S/C21H21N3O4S/c1-14-5-4-6-17(11-14)29(27,28)20-9-10-21(26)24(23-20)13-19(25)22-18-12-15(2)7-8-16(18)3/h4-12H,13H2,1-3H3,(H,22,25). The van der Waals surface area contributed by atoms with Crippen LogP contribution in [-0.4, -0.2) is 24.1 Å². The minimum absolute atomic E-state index is 0.0787. The first-order chi connectivity index (χ1) is 13.7. The molecule has 150 valence electrons. The maximum absolute atomic E-state index is 12.8. The van der Waals surface area contributed by atoms with Crippen molar-refractivity contribution in [1.29, 1.82) is 0 Å². The van der Waals surface area contributed by atoms with E-state index in [2.05, 4.69) is 10.4 Å². The summed E-state index contributed by atoms with van der Waals surface area (Å²) in [6.45, 7) is 5.14. The van der Waals surface area contributed by atoms with Gasteiger partial charge >= 0.3 is 0 Å². The Balaban J connectivity index is 1.88. The summed E-state index contributed by atoms with van der Waals surface area (Å²) in [5.74, 6) is -0.474. The smallest absolute Gasteiger partial charge is 0.267 e. The van der Waals surface area contributed by atoms with Gasteiger partial charge in [-0.25, -0.2) is 13.1 Å². The Kier molecular flexibility index (Phi) is 5.65. The Morgan fingerprint density at radius 3 is 2.45 bits per heavy atom. The van der Waals surface area contributed by atoms with Crippen molar-refractivity contribution in [3.8, 4) is 0 Å². The Morgan fingerprint density at radius 2 is 1.72 bits per heavy atom. The van der Waals surface area contributed by atoms with Crippen LogP contribution in [0.15, 0.2) is 69.3 Å². The van der Waals surface area contributed by atoms with E-state index in [1.165, 1.54) is 12.1 Å². The van der Waals surface area contributed by atoms with Crippen LogP contribution < -0.4 is 10.9 Å². The number of carbonyl (C=O) groups is 1. The highest BCUT2D eigenvalue weighted by Gasteiger charge is 2.21. The third-order valence-corrected chi connectivity index (χ3v) is 6.02. The molecule has 2 aromatic carbocycles. The summed E-state index contributed by atoms with van der Waals surface area (Å²) in [6, 6.07) is 14.3. The van der Waals surface area contributed by atoms with Crippen LogP contribution in [0, 0.1) is 20.8 Å². The number of aryl methyl sites for hydroxylation is 3. The largest absolute Gasteiger partial charge is 0.324 e. The van der Waals surface area contributed by atoms with Crippen LogP contribution in [0.3, 0.4) is 0 Å². The number of carbonyl (C=O) groups excluding carboxylic acids is 1. The van der Waals surface area contributed by atoms with Crippen LogP contribution in [0.1, 0.15) is 16.7 Å². The number of aromatic nitrogens is 2. The fraction of sp³-hybridized carbons (Fsp3) is 0.190. The number of benzene rings is 2. The van der Waals surface area contributed by atoms with Gasteiger partial charge < -0.3 is 5.32 Å². The number of amides is 1. The minimum atomic E-state index is -3.91. The number of hydrogen-bond donors (Lipinski definition) is 1. The molecular weight excluding hydrogens is 390 g/mol. The molecule has 8 heteroatoms. The molecular formula is C21H21N3O4S. The second-order valence-corrected chi connectivity index (χ2v) is 8.75. The molecule has 0 fully saturated rings. The van der Waals surface area contributed by atoms with E-state index in [0.717, 1.165) is 33.5 Å². The van der Waals surface area contributed by atoms with E-state index in [1.54, 1.807) is 19.1 Å². The number of rotatable bonds is 5. The van der Waals surface area contributed by atoms with Crippen LogP contribution in [0.5, 0.6) is 0 Å². The van der Waals surface area contributed by atoms with Gasteiger partial charge in [-0.3, -0.25) is 9.59 Å². The highest BCUT2D eigenvalue weighted by molar-refractivity contribution is 7.91. The monoisotopic (exact) mass is 411 g/mol. The maximum Gasteiger partial charge on any atom is 0.267 e. The molecule has 29 heavy (non-hydrogen) atoms. The SMILES string of the molecule is Cc1cccc(S(=O)(=O)c2ccc(=O)n(CC(=O)Nc3cc(C)ccc3C)n2)c1. The van der Waals surface area contributed by atoms with Gasteiger partial charge in [0.1, 0.15) is 6.54 Å². The number of anilines is 1. The lowest BCUT2D eigenvalue weighted by atomic mass is 10.1. The van der Waals surface area contributed by atoms with Gasteiger partial charge in [0.15, 0.2) is 5.03 Å². The first-order valence-corrected chi connectivity index (χ1v) is 10.4. The van der Waals surface area contributed by atoms with Crippen LogP contribution in [-0.2, 0) is 21.2 Å². The predicted octanol–water partition coefficient (Wildman–Crippen LogP) is 2.64. The van der Waals surface area contributed by atoms with Gasteiger partial charge in [-0.05, 0) is 61.7 Å². The van der Waals surface area contributed by atoms with Crippen molar-refractivity contribution in [2.45, 2.75) is 37.2 Å². The van der Waals surface area contributed by atoms with Crippen molar-refractivity contribution in [2.75, 3.05) is 5.32 Å². The molecule has 0 aliphatic carbocycles. The van der Waals surface area contributed by atoms with E-state index >= 15 is 0 Å². The third-order valence-electron chi connectivity index (χ3n) is 4.38. The molecule has 1 amide bonds.